The van der Waals surface area contributed by atoms with Crippen LogP contribution in [0, 0.1) is 0 Å². The van der Waals surface area contributed by atoms with Crippen molar-refractivity contribution in [2.45, 2.75) is 4.90 Å². The monoisotopic (exact) mass is 359 g/mol. The maximum Gasteiger partial charge on any atom is 0.334 e. The third kappa shape index (κ3) is 4.60. The first-order valence-corrected chi connectivity index (χ1v) is 8.21. The SMILES string of the molecule is O=C(NNS(=O)(=O)c1ccc(Cl)cc1)Nc1ccc(Cl)cc1. The molecule has 0 atom stereocenters. The average Bonchev–Trinajstić information content (AvgIpc) is 2.48. The summed E-state index contributed by atoms with van der Waals surface area (Å²) < 4.78 is 23.9. The van der Waals surface area contributed by atoms with Crippen LogP contribution in [0.25, 0.3) is 0 Å². The molecular formula is C13H11Cl2N3O3S. The smallest absolute Gasteiger partial charge is 0.307 e. The molecule has 22 heavy (non-hydrogen) atoms. The van der Waals surface area contributed by atoms with Crippen LogP contribution >= 0.6 is 23.2 Å². The summed E-state index contributed by atoms with van der Waals surface area (Å²) in [5.74, 6) is 0. The van der Waals surface area contributed by atoms with Gasteiger partial charge in [-0.2, -0.15) is 0 Å². The van der Waals surface area contributed by atoms with E-state index >= 15 is 0 Å². The van der Waals surface area contributed by atoms with Gasteiger partial charge in [0.1, 0.15) is 0 Å². The minimum Gasteiger partial charge on any atom is -0.307 e. The number of carbonyl (C=O) groups is 1. The Morgan fingerprint density at radius 1 is 0.864 bits per heavy atom. The zero-order valence-electron chi connectivity index (χ0n) is 11.0. The largest absolute Gasteiger partial charge is 0.334 e. The van der Waals surface area contributed by atoms with E-state index in [-0.39, 0.29) is 4.90 Å². The molecule has 0 radical (unpaired) electrons. The van der Waals surface area contributed by atoms with Crippen LogP contribution in [0.2, 0.25) is 10.0 Å². The molecule has 0 heterocycles. The second-order valence-corrected chi connectivity index (χ2v) is 6.70. The molecule has 2 aromatic rings. The molecule has 0 aromatic heterocycles. The van der Waals surface area contributed by atoms with Gasteiger partial charge in [-0.3, -0.25) is 5.43 Å². The van der Waals surface area contributed by atoms with Gasteiger partial charge in [-0.05, 0) is 48.5 Å². The van der Waals surface area contributed by atoms with Gasteiger partial charge in [0.25, 0.3) is 10.0 Å². The van der Waals surface area contributed by atoms with Crippen molar-refractivity contribution in [2.75, 3.05) is 5.32 Å². The molecule has 0 aliphatic carbocycles. The van der Waals surface area contributed by atoms with E-state index in [1.807, 2.05) is 10.3 Å². The number of hydrazine groups is 1. The number of anilines is 1. The van der Waals surface area contributed by atoms with E-state index in [0.29, 0.717) is 15.7 Å². The number of nitrogens with one attached hydrogen (secondary N) is 3. The highest BCUT2D eigenvalue weighted by Gasteiger charge is 2.14. The Kier molecular flexibility index (Phi) is 5.25. The summed E-state index contributed by atoms with van der Waals surface area (Å²) in [6.45, 7) is 0. The zero-order valence-corrected chi connectivity index (χ0v) is 13.3. The average molecular weight is 360 g/mol. The maximum atomic E-state index is 11.9. The molecule has 0 fully saturated rings. The Morgan fingerprint density at radius 2 is 1.36 bits per heavy atom. The molecule has 2 amide bonds. The summed E-state index contributed by atoms with van der Waals surface area (Å²) in [7, 11) is -3.87. The first-order valence-electron chi connectivity index (χ1n) is 5.97. The Morgan fingerprint density at radius 3 is 1.91 bits per heavy atom. The van der Waals surface area contributed by atoms with Crippen LogP contribution in [-0.4, -0.2) is 14.4 Å². The van der Waals surface area contributed by atoms with E-state index in [0.717, 1.165) is 0 Å². The van der Waals surface area contributed by atoms with Crippen LogP contribution in [0.3, 0.4) is 0 Å². The molecule has 0 aliphatic rings. The molecule has 2 aromatic carbocycles. The fraction of sp³-hybridized carbons (Fsp3) is 0. The summed E-state index contributed by atoms with van der Waals surface area (Å²) in [5.41, 5.74) is 2.51. The summed E-state index contributed by atoms with van der Waals surface area (Å²) >= 11 is 11.4. The van der Waals surface area contributed by atoms with Gasteiger partial charge in [-0.15, -0.1) is 4.83 Å². The number of halogens is 2. The second kappa shape index (κ2) is 6.97. The number of carbonyl (C=O) groups excluding carboxylic acids is 1. The standard InChI is InChI=1S/C13H11Cl2N3O3S/c14-9-1-5-11(6-2-9)16-13(19)17-18-22(20,21)12-7-3-10(15)4-8-12/h1-8,18H,(H2,16,17,19). The summed E-state index contributed by atoms with van der Waals surface area (Å²) in [5, 5.41) is 3.38. The van der Waals surface area contributed by atoms with Crippen molar-refractivity contribution in [2.24, 2.45) is 0 Å². The molecule has 6 nitrogen and oxygen atoms in total. The van der Waals surface area contributed by atoms with Crippen molar-refractivity contribution in [1.82, 2.24) is 10.3 Å². The van der Waals surface area contributed by atoms with Crippen molar-refractivity contribution in [3.05, 3.63) is 58.6 Å². The number of amides is 2. The predicted molar refractivity (Wildman–Crippen MR) is 85.4 cm³/mol. The van der Waals surface area contributed by atoms with Crippen LogP contribution in [0.5, 0.6) is 0 Å². The van der Waals surface area contributed by atoms with E-state index in [2.05, 4.69) is 5.32 Å². The minimum atomic E-state index is -3.87. The highest BCUT2D eigenvalue weighted by molar-refractivity contribution is 7.89. The quantitative estimate of drug-likeness (QED) is 0.733. The van der Waals surface area contributed by atoms with Crippen molar-refractivity contribution in [1.29, 1.82) is 0 Å². The summed E-state index contributed by atoms with van der Waals surface area (Å²) in [4.78, 5) is 13.6. The first-order chi connectivity index (χ1) is 10.4. The minimum absolute atomic E-state index is 0.0244. The molecule has 0 saturated carbocycles. The second-order valence-electron chi connectivity index (χ2n) is 4.15. The lowest BCUT2D eigenvalue weighted by Crippen LogP contribution is -2.43. The fourth-order valence-electron chi connectivity index (χ4n) is 1.48. The third-order valence-corrected chi connectivity index (χ3v) is 4.29. The van der Waals surface area contributed by atoms with E-state index in [9.17, 15) is 13.2 Å². The summed E-state index contributed by atoms with van der Waals surface area (Å²) in [6, 6.07) is 11.1. The molecule has 9 heteroatoms. The number of sulfonamides is 1. The molecule has 0 saturated heterocycles. The Balaban J connectivity index is 1.95. The van der Waals surface area contributed by atoms with Crippen LogP contribution < -0.4 is 15.6 Å². The van der Waals surface area contributed by atoms with Crippen LogP contribution in [-0.2, 0) is 10.0 Å². The zero-order chi connectivity index (χ0) is 16.2. The molecular weight excluding hydrogens is 349 g/mol. The molecule has 0 aliphatic heterocycles. The molecule has 0 bridgehead atoms. The van der Waals surface area contributed by atoms with Gasteiger partial charge in [0, 0.05) is 15.7 Å². The molecule has 3 N–H and O–H groups in total. The van der Waals surface area contributed by atoms with Gasteiger partial charge in [0.2, 0.25) is 0 Å². The number of hydrogen-bond acceptors (Lipinski definition) is 3. The molecule has 116 valence electrons. The van der Waals surface area contributed by atoms with E-state index < -0.39 is 16.1 Å². The van der Waals surface area contributed by atoms with Crippen LogP contribution in [0.4, 0.5) is 10.5 Å². The van der Waals surface area contributed by atoms with Crippen molar-refractivity contribution < 1.29 is 13.2 Å². The lowest BCUT2D eigenvalue weighted by atomic mass is 10.3. The van der Waals surface area contributed by atoms with Gasteiger partial charge in [0.15, 0.2) is 0 Å². The van der Waals surface area contributed by atoms with Crippen molar-refractivity contribution in [3.63, 3.8) is 0 Å². The number of hydrogen-bond donors (Lipinski definition) is 3. The highest BCUT2D eigenvalue weighted by Crippen LogP contribution is 2.14. The Bertz CT molecular complexity index is 762. The van der Waals surface area contributed by atoms with Crippen LogP contribution in [0.1, 0.15) is 0 Å². The van der Waals surface area contributed by atoms with E-state index in [1.165, 1.54) is 24.3 Å². The van der Waals surface area contributed by atoms with Crippen molar-refractivity contribution >= 4 is 44.9 Å². The first kappa shape index (κ1) is 16.6. The number of benzene rings is 2. The predicted octanol–water partition coefficient (Wildman–Crippen LogP) is 3.01. The van der Waals surface area contributed by atoms with Crippen LogP contribution in [0.15, 0.2) is 53.4 Å². The number of rotatable bonds is 4. The van der Waals surface area contributed by atoms with E-state index in [4.69, 9.17) is 23.2 Å². The number of urea groups is 1. The van der Waals surface area contributed by atoms with Gasteiger partial charge >= 0.3 is 6.03 Å². The fourth-order valence-corrected chi connectivity index (χ4v) is 2.57. The lowest BCUT2D eigenvalue weighted by molar-refractivity contribution is 0.250. The molecule has 2 rings (SSSR count). The Labute approximate surface area is 137 Å². The third-order valence-electron chi connectivity index (χ3n) is 2.52. The topological polar surface area (TPSA) is 87.3 Å². The normalized spacial score (nSPS) is 11.0. The summed E-state index contributed by atoms with van der Waals surface area (Å²) in [6.07, 6.45) is 0. The van der Waals surface area contributed by atoms with Crippen molar-refractivity contribution in [3.8, 4) is 0 Å². The van der Waals surface area contributed by atoms with Gasteiger partial charge in [0.05, 0.1) is 4.90 Å². The highest BCUT2D eigenvalue weighted by atomic mass is 35.5. The maximum absolute atomic E-state index is 11.9. The lowest BCUT2D eigenvalue weighted by Gasteiger charge is -2.09. The molecule has 0 unspecified atom stereocenters. The van der Waals surface area contributed by atoms with Gasteiger partial charge < -0.3 is 5.32 Å². The van der Waals surface area contributed by atoms with Gasteiger partial charge in [-0.1, -0.05) is 23.2 Å². The van der Waals surface area contributed by atoms with E-state index in [1.54, 1.807) is 24.3 Å². The molecule has 0 spiro atoms. The Hall–Kier alpha value is -1.80. The van der Waals surface area contributed by atoms with Gasteiger partial charge in [-0.25, -0.2) is 13.2 Å².